The molecule has 8 unspecified atom stereocenters. The smallest absolute Gasteiger partial charge is 0.317 e. The lowest BCUT2D eigenvalue weighted by molar-refractivity contribution is -0.148. The van der Waals surface area contributed by atoms with Crippen LogP contribution in [0.3, 0.4) is 0 Å². The number of amides is 1. The number of rotatable bonds is 22. The van der Waals surface area contributed by atoms with Crippen molar-refractivity contribution in [1.29, 1.82) is 0 Å². The van der Waals surface area contributed by atoms with Crippen LogP contribution in [-0.4, -0.2) is 73.7 Å². The van der Waals surface area contributed by atoms with Gasteiger partial charge in [-0.05, 0) is 143 Å². The number of nitrogens with one attached hydrogen (secondary N) is 1. The SMILES string of the molecule is CC(C)CCCC(C)C1CCC2C3CC=C4CC(OC(=O)CSSCC(=O)N(CCCN)CCCCNCCCN)CCC4(C)C3CCC12C. The highest BCUT2D eigenvalue weighted by Gasteiger charge is 2.59. The van der Waals surface area contributed by atoms with Gasteiger partial charge in [-0.25, -0.2) is 0 Å². The van der Waals surface area contributed by atoms with E-state index in [0.717, 1.165) is 100 Å². The van der Waals surface area contributed by atoms with Crippen molar-refractivity contribution in [3.63, 3.8) is 0 Å². The van der Waals surface area contributed by atoms with Gasteiger partial charge in [-0.1, -0.05) is 87.1 Å². The zero-order chi connectivity index (χ0) is 36.1. The molecule has 0 spiro atoms. The second-order valence-electron chi connectivity index (χ2n) is 17.3. The summed E-state index contributed by atoms with van der Waals surface area (Å²) in [6.07, 6.45) is 20.4. The Kier molecular flexibility index (Phi) is 17.3. The number of allylic oxidation sites excluding steroid dienone is 1. The molecule has 8 atom stereocenters. The first-order chi connectivity index (χ1) is 24.0. The number of esters is 1. The van der Waals surface area contributed by atoms with Crippen LogP contribution in [0.25, 0.3) is 0 Å². The maximum atomic E-state index is 13.0. The van der Waals surface area contributed by atoms with Crippen molar-refractivity contribution < 1.29 is 14.3 Å². The van der Waals surface area contributed by atoms with Gasteiger partial charge in [0.1, 0.15) is 11.9 Å². The summed E-state index contributed by atoms with van der Waals surface area (Å²) in [5.74, 6) is 5.65. The van der Waals surface area contributed by atoms with Gasteiger partial charge in [-0.15, -0.1) is 0 Å². The van der Waals surface area contributed by atoms with Gasteiger partial charge in [0.25, 0.3) is 0 Å². The van der Waals surface area contributed by atoms with E-state index in [-0.39, 0.29) is 29.1 Å². The van der Waals surface area contributed by atoms with Gasteiger partial charge in [-0.3, -0.25) is 9.59 Å². The van der Waals surface area contributed by atoms with Gasteiger partial charge in [0.15, 0.2) is 0 Å². The number of nitrogens with two attached hydrogens (primary N) is 2. The monoisotopic (exact) mass is 735 g/mol. The van der Waals surface area contributed by atoms with Crippen molar-refractivity contribution in [2.75, 3.05) is 50.8 Å². The van der Waals surface area contributed by atoms with E-state index < -0.39 is 0 Å². The average molecular weight is 735 g/mol. The Balaban J connectivity index is 1.19. The molecule has 9 heteroatoms. The van der Waals surface area contributed by atoms with E-state index in [1.54, 1.807) is 5.57 Å². The molecule has 1 amide bonds. The number of hydrogen-bond acceptors (Lipinski definition) is 8. The minimum Gasteiger partial charge on any atom is -0.461 e. The van der Waals surface area contributed by atoms with Crippen LogP contribution in [0.1, 0.15) is 131 Å². The number of hydrogen-bond donors (Lipinski definition) is 3. The van der Waals surface area contributed by atoms with Crippen molar-refractivity contribution in [2.24, 2.45) is 57.8 Å². The standard InChI is InChI=1S/C41H74N4O3S2/c1-30(2)11-8-12-31(3)35-15-16-36-34-14-13-32-27-33(17-19-40(32,4)37(34)18-20-41(35,36)5)48-39(47)29-50-49-28-38(46)45(26-10-22-43)25-7-6-23-44-24-9-21-42/h13,30-31,33-37,44H,6-12,14-29,42-43H2,1-5H3. The van der Waals surface area contributed by atoms with Crippen LogP contribution in [0.2, 0.25) is 0 Å². The Morgan fingerprint density at radius 1 is 0.900 bits per heavy atom. The maximum absolute atomic E-state index is 13.0. The molecule has 3 fully saturated rings. The second-order valence-corrected chi connectivity index (χ2v) is 19.8. The predicted molar refractivity (Wildman–Crippen MR) is 214 cm³/mol. The normalized spacial score (nSPS) is 31.0. The Morgan fingerprint density at radius 3 is 2.40 bits per heavy atom. The van der Waals surface area contributed by atoms with E-state index in [2.05, 4.69) is 46.0 Å². The number of carbonyl (C=O) groups excluding carboxylic acids is 2. The van der Waals surface area contributed by atoms with Gasteiger partial charge in [0.05, 0.1) is 5.75 Å². The highest BCUT2D eigenvalue weighted by atomic mass is 33.1. The molecule has 0 heterocycles. The molecule has 0 radical (unpaired) electrons. The first-order valence-electron chi connectivity index (χ1n) is 20.6. The fraction of sp³-hybridized carbons (Fsp3) is 0.902. The summed E-state index contributed by atoms with van der Waals surface area (Å²) in [6.45, 7) is 17.1. The maximum Gasteiger partial charge on any atom is 0.317 e. The molecule has 5 N–H and O–H groups in total. The molecular weight excluding hydrogens is 661 g/mol. The van der Waals surface area contributed by atoms with Gasteiger partial charge in [0, 0.05) is 19.5 Å². The third-order valence-electron chi connectivity index (χ3n) is 13.6. The summed E-state index contributed by atoms with van der Waals surface area (Å²) in [7, 11) is 2.91. The van der Waals surface area contributed by atoms with E-state index in [1.165, 1.54) is 73.0 Å². The summed E-state index contributed by atoms with van der Waals surface area (Å²) in [4.78, 5) is 27.8. The lowest BCUT2D eigenvalue weighted by Gasteiger charge is -2.58. The highest BCUT2D eigenvalue weighted by Crippen LogP contribution is 2.67. The van der Waals surface area contributed by atoms with Crippen LogP contribution < -0.4 is 16.8 Å². The summed E-state index contributed by atoms with van der Waals surface area (Å²) in [6, 6.07) is 0. The molecule has 4 aliphatic carbocycles. The van der Waals surface area contributed by atoms with E-state index in [4.69, 9.17) is 16.2 Å². The van der Waals surface area contributed by atoms with Crippen LogP contribution in [0.5, 0.6) is 0 Å². The lowest BCUT2D eigenvalue weighted by Crippen LogP contribution is -2.51. The fourth-order valence-corrected chi connectivity index (χ4v) is 12.5. The molecule has 0 aromatic carbocycles. The van der Waals surface area contributed by atoms with Crippen molar-refractivity contribution in [3.05, 3.63) is 11.6 Å². The van der Waals surface area contributed by atoms with E-state index >= 15 is 0 Å². The van der Waals surface area contributed by atoms with Crippen LogP contribution in [0, 0.1) is 46.3 Å². The molecular formula is C41H74N4O3S2. The topological polar surface area (TPSA) is 111 Å². The van der Waals surface area contributed by atoms with Crippen molar-refractivity contribution in [2.45, 2.75) is 137 Å². The molecule has 0 saturated heterocycles. The van der Waals surface area contributed by atoms with E-state index in [0.29, 0.717) is 30.8 Å². The number of unbranched alkanes of at least 4 members (excludes halogenated alkanes) is 1. The lowest BCUT2D eigenvalue weighted by atomic mass is 9.47. The summed E-state index contributed by atoms with van der Waals surface area (Å²) in [5, 5.41) is 3.40. The largest absolute Gasteiger partial charge is 0.461 e. The van der Waals surface area contributed by atoms with E-state index in [9.17, 15) is 9.59 Å². The van der Waals surface area contributed by atoms with Crippen molar-refractivity contribution in [3.8, 4) is 0 Å². The van der Waals surface area contributed by atoms with Crippen molar-refractivity contribution >= 4 is 33.5 Å². The number of carbonyl (C=O) groups is 2. The summed E-state index contributed by atoms with van der Waals surface area (Å²) < 4.78 is 6.07. The van der Waals surface area contributed by atoms with E-state index in [1.807, 2.05) is 4.90 Å². The van der Waals surface area contributed by atoms with Gasteiger partial charge in [-0.2, -0.15) is 0 Å². The first kappa shape index (κ1) is 42.0. The molecule has 7 nitrogen and oxygen atoms in total. The zero-order valence-corrected chi connectivity index (χ0v) is 34.2. The molecule has 4 rings (SSSR count). The van der Waals surface area contributed by atoms with Crippen LogP contribution in [0.15, 0.2) is 11.6 Å². The summed E-state index contributed by atoms with van der Waals surface area (Å²) in [5.41, 5.74) is 13.6. The van der Waals surface area contributed by atoms with Crippen LogP contribution in [-0.2, 0) is 14.3 Å². The van der Waals surface area contributed by atoms with Gasteiger partial charge >= 0.3 is 5.97 Å². The number of ether oxygens (including phenoxy) is 1. The minimum absolute atomic E-state index is 0.0152. The molecule has 0 aromatic rings. The molecule has 0 aliphatic heterocycles. The molecule has 288 valence electrons. The minimum atomic E-state index is -0.145. The number of fused-ring (bicyclic) bond motifs is 5. The Morgan fingerprint density at radius 2 is 1.64 bits per heavy atom. The Labute approximate surface area is 314 Å². The molecule has 4 aliphatic rings. The zero-order valence-electron chi connectivity index (χ0n) is 32.5. The average Bonchev–Trinajstić information content (AvgIpc) is 3.44. The first-order valence-corrected chi connectivity index (χ1v) is 23.0. The third-order valence-corrected chi connectivity index (χ3v) is 15.7. The predicted octanol–water partition coefficient (Wildman–Crippen LogP) is 8.22. The van der Waals surface area contributed by atoms with Gasteiger partial charge in [0.2, 0.25) is 5.91 Å². The molecule has 0 aromatic heterocycles. The Hall–Kier alpha value is -0.740. The van der Waals surface area contributed by atoms with Crippen LogP contribution >= 0.6 is 21.6 Å². The second kappa shape index (κ2) is 20.6. The quantitative estimate of drug-likeness (QED) is 0.0442. The van der Waals surface area contributed by atoms with Crippen molar-refractivity contribution in [1.82, 2.24) is 10.2 Å². The van der Waals surface area contributed by atoms with Gasteiger partial charge < -0.3 is 26.4 Å². The highest BCUT2D eigenvalue weighted by molar-refractivity contribution is 8.77. The fourth-order valence-electron chi connectivity index (χ4n) is 10.8. The third kappa shape index (κ3) is 11.1. The van der Waals surface area contributed by atoms with Crippen LogP contribution in [0.4, 0.5) is 0 Å². The number of nitrogens with zero attached hydrogens (tertiary/aromatic N) is 1. The molecule has 0 bridgehead atoms. The molecule has 50 heavy (non-hydrogen) atoms. The Bertz CT molecular complexity index is 1090. The molecule has 3 saturated carbocycles. The summed E-state index contributed by atoms with van der Waals surface area (Å²) >= 11 is 0.